The minimum absolute atomic E-state index is 0.109. The molecule has 0 bridgehead atoms. The molecule has 0 aliphatic heterocycles. The van der Waals surface area contributed by atoms with Crippen LogP contribution < -0.4 is 0 Å². The van der Waals surface area contributed by atoms with E-state index in [1.54, 1.807) is 12.1 Å². The molecule has 2 aliphatic rings. The number of aryl methyl sites for hydroxylation is 4. The van der Waals surface area contributed by atoms with Crippen LogP contribution in [0.4, 0.5) is 8.78 Å². The number of hydrogen-bond donors (Lipinski definition) is 0. The van der Waals surface area contributed by atoms with Gasteiger partial charge in [-0.05, 0) is 159 Å². The molecule has 0 saturated heterocycles. The first-order valence-corrected chi connectivity index (χ1v) is 24.7. The van der Waals surface area contributed by atoms with Gasteiger partial charge in [-0.1, -0.05) is 170 Å². The summed E-state index contributed by atoms with van der Waals surface area (Å²) in [4.78, 5) is 0. The Bertz CT molecular complexity index is 1970. The molecule has 0 unspecified atom stereocenters. The lowest BCUT2D eigenvalue weighted by Crippen LogP contribution is -2.12. The van der Waals surface area contributed by atoms with E-state index in [1.807, 2.05) is 24.3 Å². The van der Waals surface area contributed by atoms with Crippen LogP contribution >= 0.6 is 0 Å². The molecule has 326 valence electrons. The van der Waals surface area contributed by atoms with Crippen LogP contribution in [-0.4, -0.2) is 0 Å². The maximum atomic E-state index is 14.1. The second-order valence-corrected chi connectivity index (χ2v) is 18.2. The molecule has 0 N–H and O–H groups in total. The van der Waals surface area contributed by atoms with Crippen molar-refractivity contribution in [2.75, 3.05) is 0 Å². The Labute approximate surface area is 371 Å². The van der Waals surface area contributed by atoms with Crippen molar-refractivity contribution in [3.8, 4) is 23.7 Å². The van der Waals surface area contributed by atoms with E-state index in [1.165, 1.54) is 119 Å². The highest BCUT2D eigenvalue weighted by molar-refractivity contribution is 5.39. The molecule has 0 heterocycles. The Morgan fingerprint density at radius 3 is 1.15 bits per heavy atom. The third-order valence-corrected chi connectivity index (χ3v) is 13.2. The highest BCUT2D eigenvalue weighted by Gasteiger charge is 2.22. The maximum absolute atomic E-state index is 14.1. The highest BCUT2D eigenvalue weighted by atomic mass is 19.1. The highest BCUT2D eigenvalue weighted by Crippen LogP contribution is 2.37. The standard InChI is InChI=1S/C30H39F.C29H37F/c1-3-5-6-7-8-10-24-13-18-27(19-14-24)28-20-15-25(16-21-28)11-12-26-17-22-29(9-4-2)30(31)23-26;1-3-5-6-7-9-23-12-17-26(18-13-23)27-19-14-24(15-20-27)10-11-25-16-21-28(8-4-2)29(30)22-25/h13-14,17-19,22-23,25,28H,3-10,15-16,20-21H2,1-2H3;12-13,16-18,21-22,24,27H,3-9,14-15,19-20H2,1-2H3/t25-,28-;24-,27-. The van der Waals surface area contributed by atoms with Gasteiger partial charge in [0, 0.05) is 23.0 Å². The Morgan fingerprint density at radius 2 is 0.787 bits per heavy atom. The van der Waals surface area contributed by atoms with Gasteiger partial charge in [0.25, 0.3) is 0 Å². The Balaban J connectivity index is 0.000000231. The summed E-state index contributed by atoms with van der Waals surface area (Å²) in [7, 11) is 0. The van der Waals surface area contributed by atoms with Gasteiger partial charge in [0.2, 0.25) is 0 Å². The number of halogens is 2. The molecule has 0 atom stereocenters. The summed E-state index contributed by atoms with van der Waals surface area (Å²) in [6.45, 7) is 8.69. The lowest BCUT2D eigenvalue weighted by atomic mass is 9.78. The van der Waals surface area contributed by atoms with E-state index in [0.717, 1.165) is 73.6 Å². The summed E-state index contributed by atoms with van der Waals surface area (Å²) in [5.74, 6) is 15.3. The number of rotatable bonds is 17. The van der Waals surface area contributed by atoms with Gasteiger partial charge in [0.05, 0.1) is 0 Å². The van der Waals surface area contributed by atoms with Gasteiger partial charge in [-0.3, -0.25) is 0 Å². The predicted molar refractivity (Wildman–Crippen MR) is 257 cm³/mol. The summed E-state index contributed by atoms with van der Waals surface area (Å²) < 4.78 is 28.2. The molecule has 61 heavy (non-hydrogen) atoms. The normalized spacial score (nSPS) is 18.5. The first-order chi connectivity index (χ1) is 29.9. The number of benzene rings is 4. The third-order valence-electron chi connectivity index (χ3n) is 13.2. The predicted octanol–water partition coefficient (Wildman–Crippen LogP) is 16.8. The minimum atomic E-state index is -0.110. The van der Waals surface area contributed by atoms with Crippen LogP contribution in [0.2, 0.25) is 0 Å². The minimum Gasteiger partial charge on any atom is -0.207 e. The average molecular weight is 823 g/mol. The fraction of sp³-hybridized carbons (Fsp3) is 0.525. The molecule has 2 aliphatic carbocycles. The van der Waals surface area contributed by atoms with E-state index < -0.39 is 0 Å². The van der Waals surface area contributed by atoms with Crippen LogP contribution in [0.15, 0.2) is 84.9 Å². The molecule has 6 rings (SSSR count). The lowest BCUT2D eigenvalue weighted by molar-refractivity contribution is 0.384. The molecular formula is C59H76F2. The third kappa shape index (κ3) is 16.6. The van der Waals surface area contributed by atoms with Gasteiger partial charge < -0.3 is 0 Å². The molecule has 4 aromatic rings. The van der Waals surface area contributed by atoms with E-state index in [4.69, 9.17) is 0 Å². The summed E-state index contributed by atoms with van der Waals surface area (Å²) >= 11 is 0. The molecule has 2 saturated carbocycles. The van der Waals surface area contributed by atoms with Crippen LogP contribution in [0.25, 0.3) is 0 Å². The Kier molecular flexibility index (Phi) is 21.2. The van der Waals surface area contributed by atoms with Crippen LogP contribution in [0.3, 0.4) is 0 Å². The zero-order valence-electron chi connectivity index (χ0n) is 38.4. The zero-order chi connectivity index (χ0) is 43.1. The number of hydrogen-bond acceptors (Lipinski definition) is 0. The maximum Gasteiger partial charge on any atom is 0.127 e. The molecule has 0 nitrogen and oxygen atoms in total. The van der Waals surface area contributed by atoms with Crippen molar-refractivity contribution in [3.05, 3.63) is 141 Å². The fourth-order valence-electron chi connectivity index (χ4n) is 9.31. The number of unbranched alkanes of at least 4 members (excludes halogenated alkanes) is 7. The summed E-state index contributed by atoms with van der Waals surface area (Å²) in [5.41, 5.74) is 9.17. The van der Waals surface area contributed by atoms with E-state index in [9.17, 15) is 8.78 Å². The van der Waals surface area contributed by atoms with Gasteiger partial charge in [-0.2, -0.15) is 0 Å². The van der Waals surface area contributed by atoms with Crippen molar-refractivity contribution in [1.82, 2.24) is 0 Å². The summed E-state index contributed by atoms with van der Waals surface area (Å²) in [6.07, 6.45) is 27.4. The second-order valence-electron chi connectivity index (χ2n) is 18.2. The first kappa shape index (κ1) is 47.9. The van der Waals surface area contributed by atoms with E-state index in [-0.39, 0.29) is 11.6 Å². The molecule has 0 aromatic heterocycles. The largest absolute Gasteiger partial charge is 0.207 e. The quantitative estimate of drug-likeness (QED) is 0.0735. The topological polar surface area (TPSA) is 0 Å². The van der Waals surface area contributed by atoms with Crippen LogP contribution in [0, 0.1) is 47.2 Å². The zero-order valence-corrected chi connectivity index (χ0v) is 38.4. The van der Waals surface area contributed by atoms with Crippen molar-refractivity contribution >= 4 is 0 Å². The summed E-state index contributed by atoms with van der Waals surface area (Å²) in [5, 5.41) is 0. The smallest absolute Gasteiger partial charge is 0.127 e. The SMILES string of the molecule is CCCCCCCc1ccc([C@H]2CC[C@H](C#Cc3ccc(CCC)c(F)c3)CC2)cc1.CCCCCCc1ccc([C@H]2CC[C@H](C#Cc3ccc(CCC)c(F)c3)CC2)cc1. The second kappa shape index (κ2) is 27.0. The van der Waals surface area contributed by atoms with Gasteiger partial charge >= 0.3 is 0 Å². The van der Waals surface area contributed by atoms with Gasteiger partial charge in [0.1, 0.15) is 11.6 Å². The van der Waals surface area contributed by atoms with E-state index in [0.29, 0.717) is 23.7 Å². The molecule has 2 heteroatoms. The lowest BCUT2D eigenvalue weighted by Gasteiger charge is -2.26. The molecule has 0 radical (unpaired) electrons. The van der Waals surface area contributed by atoms with Crippen molar-refractivity contribution < 1.29 is 8.78 Å². The van der Waals surface area contributed by atoms with Crippen LogP contribution in [-0.2, 0) is 25.7 Å². The monoisotopic (exact) mass is 823 g/mol. The molecule has 2 fully saturated rings. The van der Waals surface area contributed by atoms with Crippen molar-refractivity contribution in [1.29, 1.82) is 0 Å². The van der Waals surface area contributed by atoms with Crippen LogP contribution in [0.1, 0.15) is 206 Å². The van der Waals surface area contributed by atoms with E-state index >= 15 is 0 Å². The summed E-state index contributed by atoms with van der Waals surface area (Å²) in [6, 6.07) is 29.7. The van der Waals surface area contributed by atoms with Crippen molar-refractivity contribution in [2.24, 2.45) is 11.8 Å². The molecule has 0 amide bonds. The Hall–Kier alpha value is -4.14. The molecule has 0 spiro atoms. The molecular weight excluding hydrogens is 747 g/mol. The average Bonchev–Trinajstić information content (AvgIpc) is 3.29. The Morgan fingerprint density at radius 1 is 0.410 bits per heavy atom. The van der Waals surface area contributed by atoms with Gasteiger partial charge in [0.15, 0.2) is 0 Å². The molecule has 4 aromatic carbocycles. The van der Waals surface area contributed by atoms with Crippen LogP contribution in [0.5, 0.6) is 0 Å². The first-order valence-electron chi connectivity index (χ1n) is 24.7. The van der Waals surface area contributed by atoms with E-state index in [2.05, 4.69) is 99.9 Å². The van der Waals surface area contributed by atoms with Gasteiger partial charge in [-0.15, -0.1) is 0 Å². The fourth-order valence-corrected chi connectivity index (χ4v) is 9.31. The van der Waals surface area contributed by atoms with Crippen molar-refractivity contribution in [3.63, 3.8) is 0 Å². The van der Waals surface area contributed by atoms with Crippen molar-refractivity contribution in [2.45, 2.75) is 187 Å². The van der Waals surface area contributed by atoms with Gasteiger partial charge in [-0.25, -0.2) is 8.78 Å².